The molecule has 0 spiro atoms. The second-order valence-corrected chi connectivity index (χ2v) is 7.08. The quantitative estimate of drug-likeness (QED) is 0.905. The molecule has 4 heteroatoms. The van der Waals surface area contributed by atoms with E-state index in [-0.39, 0.29) is 11.8 Å². The lowest BCUT2D eigenvalue weighted by Crippen LogP contribution is -2.39. The van der Waals surface area contributed by atoms with Gasteiger partial charge in [-0.1, -0.05) is 57.7 Å². The van der Waals surface area contributed by atoms with E-state index in [1.807, 2.05) is 36.0 Å². The van der Waals surface area contributed by atoms with Crippen LogP contribution in [0.2, 0.25) is 0 Å². The molecular weight excluding hydrogens is 280 g/mol. The minimum Gasteiger partial charge on any atom is -0.383 e. The van der Waals surface area contributed by atoms with Gasteiger partial charge in [0.1, 0.15) is 5.60 Å². The highest BCUT2D eigenvalue weighted by molar-refractivity contribution is 7.99. The Kier molecular flexibility index (Phi) is 4.79. The van der Waals surface area contributed by atoms with Crippen LogP contribution in [-0.4, -0.2) is 14.7 Å². The largest absolute Gasteiger partial charge is 0.383 e. The lowest BCUT2D eigenvalue weighted by atomic mass is 9.78. The standard InChI is InChI=1S/C17H24N2OS/c1-12(2)17(20,13(3)4)15-11-18-16(19(15)5)21-14-9-7-6-8-10-14/h6-13,20H,1-5H3. The fraction of sp³-hybridized carbons (Fsp3) is 0.471. The zero-order chi connectivity index (χ0) is 15.6. The molecule has 2 rings (SSSR count). The number of hydrogen-bond acceptors (Lipinski definition) is 3. The molecule has 0 aliphatic carbocycles. The van der Waals surface area contributed by atoms with Crippen LogP contribution >= 0.6 is 11.8 Å². The van der Waals surface area contributed by atoms with Crippen molar-refractivity contribution in [1.29, 1.82) is 0 Å². The molecule has 0 aliphatic heterocycles. The van der Waals surface area contributed by atoms with Crippen LogP contribution in [0, 0.1) is 11.8 Å². The molecule has 1 aromatic heterocycles. The summed E-state index contributed by atoms with van der Waals surface area (Å²) in [4.78, 5) is 5.66. The van der Waals surface area contributed by atoms with E-state index in [1.165, 1.54) is 0 Å². The van der Waals surface area contributed by atoms with Crippen LogP contribution in [0.25, 0.3) is 0 Å². The Morgan fingerprint density at radius 2 is 1.67 bits per heavy atom. The van der Waals surface area contributed by atoms with E-state index in [0.717, 1.165) is 15.7 Å². The monoisotopic (exact) mass is 304 g/mol. The fourth-order valence-corrected chi connectivity index (χ4v) is 3.56. The molecule has 0 aliphatic rings. The summed E-state index contributed by atoms with van der Waals surface area (Å²) in [6.07, 6.45) is 1.81. The molecule has 0 fully saturated rings. The Labute approximate surface area is 131 Å². The van der Waals surface area contributed by atoms with E-state index in [1.54, 1.807) is 11.8 Å². The average Bonchev–Trinajstić information content (AvgIpc) is 2.80. The SMILES string of the molecule is CC(C)C(O)(c1cnc(Sc2ccccc2)n1C)C(C)C. The first-order valence-electron chi connectivity index (χ1n) is 7.34. The summed E-state index contributed by atoms with van der Waals surface area (Å²) < 4.78 is 2.01. The maximum absolute atomic E-state index is 11.1. The van der Waals surface area contributed by atoms with Crippen LogP contribution in [-0.2, 0) is 12.6 Å². The van der Waals surface area contributed by atoms with Gasteiger partial charge in [-0.3, -0.25) is 0 Å². The fourth-order valence-electron chi connectivity index (χ4n) is 2.71. The van der Waals surface area contributed by atoms with Crippen LogP contribution in [0.5, 0.6) is 0 Å². The highest BCUT2D eigenvalue weighted by Gasteiger charge is 2.39. The number of benzene rings is 1. The van der Waals surface area contributed by atoms with Crippen LogP contribution in [0.4, 0.5) is 0 Å². The van der Waals surface area contributed by atoms with Gasteiger partial charge < -0.3 is 9.67 Å². The summed E-state index contributed by atoms with van der Waals surface area (Å²) in [5.41, 5.74) is 0.0167. The molecule has 0 radical (unpaired) electrons. The van der Waals surface area contributed by atoms with Gasteiger partial charge in [-0.05, 0) is 24.0 Å². The third kappa shape index (κ3) is 3.01. The van der Waals surface area contributed by atoms with Crippen molar-refractivity contribution in [2.75, 3.05) is 0 Å². The van der Waals surface area contributed by atoms with E-state index in [9.17, 15) is 5.11 Å². The molecule has 1 N–H and O–H groups in total. The Balaban J connectivity index is 2.36. The van der Waals surface area contributed by atoms with E-state index >= 15 is 0 Å². The molecule has 2 aromatic rings. The highest BCUT2D eigenvalue weighted by Crippen LogP contribution is 2.38. The van der Waals surface area contributed by atoms with Gasteiger partial charge in [0.2, 0.25) is 0 Å². The van der Waals surface area contributed by atoms with Crippen molar-refractivity contribution in [1.82, 2.24) is 9.55 Å². The van der Waals surface area contributed by atoms with Crippen LogP contribution < -0.4 is 0 Å². The second-order valence-electron chi connectivity index (χ2n) is 6.03. The Morgan fingerprint density at radius 3 is 2.19 bits per heavy atom. The third-order valence-electron chi connectivity index (χ3n) is 4.07. The number of imidazole rings is 1. The number of aliphatic hydroxyl groups is 1. The van der Waals surface area contributed by atoms with Gasteiger partial charge in [0.15, 0.2) is 5.16 Å². The molecule has 1 heterocycles. The lowest BCUT2D eigenvalue weighted by Gasteiger charge is -2.36. The molecule has 0 unspecified atom stereocenters. The number of nitrogens with zero attached hydrogens (tertiary/aromatic N) is 2. The van der Waals surface area contributed by atoms with Crippen molar-refractivity contribution in [3.8, 4) is 0 Å². The Hall–Kier alpha value is -1.26. The van der Waals surface area contributed by atoms with E-state index in [0.29, 0.717) is 0 Å². The molecule has 114 valence electrons. The van der Waals surface area contributed by atoms with Crippen LogP contribution in [0.15, 0.2) is 46.6 Å². The maximum atomic E-state index is 11.1. The van der Waals surface area contributed by atoms with E-state index in [2.05, 4.69) is 44.8 Å². The van der Waals surface area contributed by atoms with Gasteiger partial charge in [-0.2, -0.15) is 0 Å². The summed E-state index contributed by atoms with van der Waals surface area (Å²) in [5, 5.41) is 12.0. The predicted molar refractivity (Wildman–Crippen MR) is 87.3 cm³/mol. The second kappa shape index (κ2) is 6.24. The number of hydrogen-bond donors (Lipinski definition) is 1. The lowest BCUT2D eigenvalue weighted by molar-refractivity contribution is -0.0594. The molecular formula is C17H24N2OS. The van der Waals surface area contributed by atoms with Crippen molar-refractivity contribution in [2.45, 2.75) is 43.3 Å². The molecule has 0 saturated carbocycles. The molecule has 0 amide bonds. The predicted octanol–water partition coefficient (Wildman–Crippen LogP) is 4.07. The van der Waals surface area contributed by atoms with Gasteiger partial charge in [0, 0.05) is 11.9 Å². The topological polar surface area (TPSA) is 38.1 Å². The van der Waals surface area contributed by atoms with Crippen molar-refractivity contribution < 1.29 is 5.11 Å². The first kappa shape index (κ1) is 16.1. The zero-order valence-corrected chi connectivity index (χ0v) is 14.2. The summed E-state index contributed by atoms with van der Waals surface area (Å²) in [6.45, 7) is 8.21. The van der Waals surface area contributed by atoms with Gasteiger partial charge in [0.05, 0.1) is 11.9 Å². The molecule has 1 aromatic carbocycles. The average molecular weight is 304 g/mol. The first-order chi connectivity index (χ1) is 9.87. The summed E-state index contributed by atoms with van der Waals surface area (Å²) in [5.74, 6) is 0.255. The zero-order valence-electron chi connectivity index (χ0n) is 13.4. The summed E-state index contributed by atoms with van der Waals surface area (Å²) >= 11 is 1.62. The molecule has 0 atom stereocenters. The maximum Gasteiger partial charge on any atom is 0.172 e. The van der Waals surface area contributed by atoms with Gasteiger partial charge in [0.25, 0.3) is 0 Å². The van der Waals surface area contributed by atoms with Gasteiger partial charge in [-0.25, -0.2) is 4.98 Å². The van der Waals surface area contributed by atoms with Crippen molar-refractivity contribution in [3.63, 3.8) is 0 Å². The van der Waals surface area contributed by atoms with Crippen LogP contribution in [0.1, 0.15) is 33.4 Å². The van der Waals surface area contributed by atoms with Crippen molar-refractivity contribution in [3.05, 3.63) is 42.2 Å². The smallest absolute Gasteiger partial charge is 0.172 e. The molecule has 21 heavy (non-hydrogen) atoms. The normalized spacial score (nSPS) is 12.4. The molecule has 0 saturated heterocycles. The highest BCUT2D eigenvalue weighted by atomic mass is 32.2. The third-order valence-corrected chi connectivity index (χ3v) is 5.14. The van der Waals surface area contributed by atoms with Crippen molar-refractivity contribution >= 4 is 11.8 Å². The minimum atomic E-state index is -0.864. The van der Waals surface area contributed by atoms with Crippen LogP contribution in [0.3, 0.4) is 0 Å². The van der Waals surface area contributed by atoms with E-state index < -0.39 is 5.60 Å². The summed E-state index contributed by atoms with van der Waals surface area (Å²) in [7, 11) is 1.98. The minimum absolute atomic E-state index is 0.127. The van der Waals surface area contributed by atoms with Gasteiger partial charge in [-0.15, -0.1) is 0 Å². The van der Waals surface area contributed by atoms with Crippen molar-refractivity contribution in [2.24, 2.45) is 18.9 Å². The Morgan fingerprint density at radius 1 is 1.10 bits per heavy atom. The Bertz CT molecular complexity index is 582. The molecule has 3 nitrogen and oxygen atoms in total. The number of aromatic nitrogens is 2. The van der Waals surface area contributed by atoms with Gasteiger partial charge >= 0.3 is 0 Å². The molecule has 0 bridgehead atoms. The number of rotatable bonds is 5. The first-order valence-corrected chi connectivity index (χ1v) is 8.16. The van der Waals surface area contributed by atoms with E-state index in [4.69, 9.17) is 0 Å². The summed E-state index contributed by atoms with van der Waals surface area (Å²) in [6, 6.07) is 10.2.